The molecule has 0 radical (unpaired) electrons. The first-order valence-electron chi connectivity index (χ1n) is 5.85. The van der Waals surface area contributed by atoms with Gasteiger partial charge in [-0.25, -0.2) is 4.68 Å². The summed E-state index contributed by atoms with van der Waals surface area (Å²) in [5.41, 5.74) is 1.84. The summed E-state index contributed by atoms with van der Waals surface area (Å²) in [4.78, 5) is 26.3. The Morgan fingerprint density at radius 2 is 2.20 bits per heavy atom. The number of aliphatic carboxylic acids is 1. The van der Waals surface area contributed by atoms with E-state index in [1.165, 1.54) is 17.1 Å². The molecule has 0 fully saturated rings. The van der Waals surface area contributed by atoms with Gasteiger partial charge >= 0.3 is 5.97 Å². The van der Waals surface area contributed by atoms with Crippen LogP contribution in [-0.2, 0) is 17.9 Å². The molecule has 0 aromatic carbocycles. The third-order valence-electron chi connectivity index (χ3n) is 2.45. The zero-order valence-corrected chi connectivity index (χ0v) is 10.8. The third kappa shape index (κ3) is 3.61. The van der Waals surface area contributed by atoms with Gasteiger partial charge in [-0.1, -0.05) is 5.21 Å². The van der Waals surface area contributed by atoms with Crippen LogP contribution >= 0.6 is 0 Å². The number of hydrogen-bond donors (Lipinski definition) is 2. The molecule has 0 aliphatic carbocycles. The Morgan fingerprint density at radius 3 is 2.90 bits per heavy atom. The quantitative estimate of drug-likeness (QED) is 0.794. The van der Waals surface area contributed by atoms with Crippen molar-refractivity contribution in [2.75, 3.05) is 0 Å². The summed E-state index contributed by atoms with van der Waals surface area (Å²) >= 11 is 0. The van der Waals surface area contributed by atoms with E-state index in [1.807, 2.05) is 6.92 Å². The first kappa shape index (κ1) is 13.7. The van der Waals surface area contributed by atoms with Crippen molar-refractivity contribution in [2.24, 2.45) is 0 Å². The number of amides is 1. The highest BCUT2D eigenvalue weighted by molar-refractivity contribution is 5.93. The minimum atomic E-state index is -1.00. The van der Waals surface area contributed by atoms with Gasteiger partial charge in [0.15, 0.2) is 0 Å². The molecule has 0 aliphatic rings. The molecular formula is C12H13N5O3. The molecule has 0 aliphatic heterocycles. The smallest absolute Gasteiger partial charge is 0.325 e. The maximum atomic E-state index is 11.9. The van der Waals surface area contributed by atoms with E-state index < -0.39 is 5.97 Å². The Morgan fingerprint density at radius 1 is 1.40 bits per heavy atom. The lowest BCUT2D eigenvalue weighted by Gasteiger charge is -2.03. The number of carbonyl (C=O) groups is 2. The van der Waals surface area contributed by atoms with Crippen LogP contribution in [0.2, 0.25) is 0 Å². The highest BCUT2D eigenvalue weighted by atomic mass is 16.4. The monoisotopic (exact) mass is 275 g/mol. The van der Waals surface area contributed by atoms with Crippen LogP contribution in [0.4, 0.5) is 0 Å². The molecule has 0 spiro atoms. The van der Waals surface area contributed by atoms with E-state index >= 15 is 0 Å². The fraction of sp³-hybridized carbons (Fsp3) is 0.250. The summed E-state index contributed by atoms with van der Waals surface area (Å²) in [6.45, 7) is 1.76. The number of hydrogen-bond acceptors (Lipinski definition) is 5. The van der Waals surface area contributed by atoms with Gasteiger partial charge in [0.05, 0.1) is 18.3 Å². The normalized spacial score (nSPS) is 10.2. The Balaban J connectivity index is 1.93. The largest absolute Gasteiger partial charge is 0.480 e. The van der Waals surface area contributed by atoms with Crippen molar-refractivity contribution < 1.29 is 14.7 Å². The molecule has 1 amide bonds. The first-order valence-corrected chi connectivity index (χ1v) is 5.85. The van der Waals surface area contributed by atoms with E-state index in [0.29, 0.717) is 11.3 Å². The van der Waals surface area contributed by atoms with Gasteiger partial charge in [-0.3, -0.25) is 14.6 Å². The van der Waals surface area contributed by atoms with Crippen LogP contribution in [0.15, 0.2) is 24.7 Å². The van der Waals surface area contributed by atoms with E-state index in [4.69, 9.17) is 5.11 Å². The fourth-order valence-corrected chi connectivity index (χ4v) is 1.59. The summed E-state index contributed by atoms with van der Waals surface area (Å²) in [6, 6.07) is 1.73. The van der Waals surface area contributed by atoms with Gasteiger partial charge in [-0.15, -0.1) is 5.10 Å². The summed E-state index contributed by atoms with van der Waals surface area (Å²) in [6.07, 6.45) is 4.61. The molecule has 8 nitrogen and oxygen atoms in total. The fourth-order valence-electron chi connectivity index (χ4n) is 1.59. The van der Waals surface area contributed by atoms with Gasteiger partial charge in [-0.2, -0.15) is 0 Å². The Bertz CT molecular complexity index is 638. The zero-order chi connectivity index (χ0) is 14.5. The number of carbonyl (C=O) groups excluding carboxylic acids is 1. The van der Waals surface area contributed by atoms with Gasteiger partial charge < -0.3 is 10.4 Å². The van der Waals surface area contributed by atoms with E-state index in [0.717, 1.165) is 5.56 Å². The second-order valence-electron chi connectivity index (χ2n) is 4.23. The Labute approximate surface area is 114 Å². The van der Waals surface area contributed by atoms with Crippen LogP contribution in [0.1, 0.15) is 21.6 Å². The van der Waals surface area contributed by atoms with Crippen LogP contribution < -0.4 is 5.32 Å². The summed E-state index contributed by atoms with van der Waals surface area (Å²) < 4.78 is 1.19. The highest BCUT2D eigenvalue weighted by Crippen LogP contribution is 2.01. The second kappa shape index (κ2) is 5.91. The lowest BCUT2D eigenvalue weighted by Crippen LogP contribution is -2.23. The summed E-state index contributed by atoms with van der Waals surface area (Å²) in [5.74, 6) is -1.27. The van der Waals surface area contributed by atoms with Crippen LogP contribution in [0, 0.1) is 6.92 Å². The van der Waals surface area contributed by atoms with Gasteiger partial charge in [0.2, 0.25) is 0 Å². The van der Waals surface area contributed by atoms with Crippen molar-refractivity contribution in [1.29, 1.82) is 0 Å². The average molecular weight is 275 g/mol. The molecule has 104 valence electrons. The van der Waals surface area contributed by atoms with Crippen molar-refractivity contribution >= 4 is 11.9 Å². The average Bonchev–Trinajstić information content (AvgIpc) is 2.82. The van der Waals surface area contributed by atoms with Crippen molar-refractivity contribution in [3.05, 3.63) is 41.5 Å². The number of rotatable bonds is 5. The molecule has 0 saturated carbocycles. The first-order chi connectivity index (χ1) is 9.54. The molecule has 2 N–H and O–H groups in total. The molecule has 8 heteroatoms. The van der Waals surface area contributed by atoms with Crippen LogP contribution in [-0.4, -0.2) is 37.0 Å². The number of aryl methyl sites for hydroxylation is 1. The predicted octanol–water partition coefficient (Wildman–Crippen LogP) is -0.00388. The third-order valence-corrected chi connectivity index (χ3v) is 2.45. The SMILES string of the molecule is Cc1cncc(C(=O)NCc2cn(CC(=O)O)nn2)c1. The lowest BCUT2D eigenvalue weighted by atomic mass is 10.2. The molecule has 0 unspecified atom stereocenters. The van der Waals surface area contributed by atoms with Crippen molar-refractivity contribution in [2.45, 2.75) is 20.0 Å². The number of carboxylic acid groups (broad SMARTS) is 1. The Hall–Kier alpha value is -2.77. The van der Waals surface area contributed by atoms with Crippen molar-refractivity contribution in [1.82, 2.24) is 25.3 Å². The minimum absolute atomic E-state index is 0.173. The summed E-state index contributed by atoms with van der Waals surface area (Å²) in [5, 5.41) is 18.7. The van der Waals surface area contributed by atoms with Crippen LogP contribution in [0.5, 0.6) is 0 Å². The maximum absolute atomic E-state index is 11.9. The van der Waals surface area contributed by atoms with Crippen LogP contribution in [0.3, 0.4) is 0 Å². The molecule has 0 bridgehead atoms. The minimum Gasteiger partial charge on any atom is -0.480 e. The predicted molar refractivity (Wildman–Crippen MR) is 67.8 cm³/mol. The molecule has 0 atom stereocenters. The molecule has 2 aromatic heterocycles. The zero-order valence-electron chi connectivity index (χ0n) is 10.8. The number of aromatic nitrogens is 4. The van der Waals surface area contributed by atoms with E-state index in [-0.39, 0.29) is 19.0 Å². The number of pyridine rings is 1. The van der Waals surface area contributed by atoms with Crippen LogP contribution in [0.25, 0.3) is 0 Å². The lowest BCUT2D eigenvalue weighted by molar-refractivity contribution is -0.137. The molecule has 2 rings (SSSR count). The second-order valence-corrected chi connectivity index (χ2v) is 4.23. The van der Waals surface area contributed by atoms with Crippen molar-refractivity contribution in [3.8, 4) is 0 Å². The topological polar surface area (TPSA) is 110 Å². The van der Waals surface area contributed by atoms with E-state index in [1.54, 1.807) is 12.3 Å². The van der Waals surface area contributed by atoms with E-state index in [2.05, 4.69) is 20.6 Å². The molecule has 0 saturated heterocycles. The molecule has 2 aromatic rings. The van der Waals surface area contributed by atoms with Gasteiger partial charge in [0.25, 0.3) is 5.91 Å². The standard InChI is InChI=1S/C12H13N5O3/c1-8-2-9(4-13-3-8)12(20)14-5-10-6-17(16-15-10)7-11(18)19/h2-4,6H,5,7H2,1H3,(H,14,20)(H,18,19). The molecule has 20 heavy (non-hydrogen) atoms. The van der Waals surface area contributed by atoms with Gasteiger partial charge in [-0.05, 0) is 18.6 Å². The number of nitrogens with one attached hydrogen (secondary N) is 1. The maximum Gasteiger partial charge on any atom is 0.325 e. The summed E-state index contributed by atoms with van der Waals surface area (Å²) in [7, 11) is 0. The molecule has 2 heterocycles. The Kier molecular flexibility index (Phi) is 4.04. The highest BCUT2D eigenvalue weighted by Gasteiger charge is 2.08. The van der Waals surface area contributed by atoms with Gasteiger partial charge in [0, 0.05) is 12.4 Å². The van der Waals surface area contributed by atoms with E-state index in [9.17, 15) is 9.59 Å². The van der Waals surface area contributed by atoms with Gasteiger partial charge in [0.1, 0.15) is 12.2 Å². The van der Waals surface area contributed by atoms with Crippen molar-refractivity contribution in [3.63, 3.8) is 0 Å². The number of carboxylic acids is 1. The molecular weight excluding hydrogens is 262 g/mol. The number of nitrogens with zero attached hydrogens (tertiary/aromatic N) is 4.